The molecule has 0 spiro atoms. The number of benzene rings is 4. The smallest absolute Gasteiger partial charge is 0.143 e. The molecule has 1 heterocycles. The molecule has 0 aliphatic heterocycles. The number of furan rings is 1. The van der Waals surface area contributed by atoms with Gasteiger partial charge in [0.1, 0.15) is 23.0 Å². The van der Waals surface area contributed by atoms with Crippen molar-refractivity contribution in [1.29, 1.82) is 0 Å². The van der Waals surface area contributed by atoms with E-state index in [1.807, 2.05) is 60.7 Å². The van der Waals surface area contributed by atoms with Crippen LogP contribution in [0.15, 0.2) is 114 Å². The fourth-order valence-electron chi connectivity index (χ4n) is 4.08. The van der Waals surface area contributed by atoms with Crippen LogP contribution in [0.4, 0.5) is 0 Å². The highest BCUT2D eigenvalue weighted by molar-refractivity contribution is 5.99. The van der Waals surface area contributed by atoms with Gasteiger partial charge in [-0.25, -0.2) is 0 Å². The van der Waals surface area contributed by atoms with E-state index < -0.39 is 0 Å². The zero-order valence-electron chi connectivity index (χ0n) is 18.6. The van der Waals surface area contributed by atoms with Crippen LogP contribution in [0, 0.1) is 0 Å². The summed E-state index contributed by atoms with van der Waals surface area (Å²) in [4.78, 5) is 0. The predicted octanol–water partition coefficient (Wildman–Crippen LogP) is 7.96. The van der Waals surface area contributed by atoms with Gasteiger partial charge in [0.15, 0.2) is 0 Å². The quantitative estimate of drug-likeness (QED) is 0.273. The van der Waals surface area contributed by atoms with Gasteiger partial charge in [-0.05, 0) is 59.7 Å². The zero-order valence-corrected chi connectivity index (χ0v) is 18.6. The van der Waals surface area contributed by atoms with Crippen LogP contribution in [0.3, 0.4) is 0 Å². The minimum absolute atomic E-state index is 0.810. The van der Waals surface area contributed by atoms with Gasteiger partial charge < -0.3 is 13.9 Å². The molecule has 0 atom stereocenters. The van der Waals surface area contributed by atoms with E-state index >= 15 is 0 Å². The molecule has 0 radical (unpaired) electrons. The van der Waals surface area contributed by atoms with Gasteiger partial charge in [0.05, 0.1) is 14.2 Å². The van der Waals surface area contributed by atoms with Crippen LogP contribution in [0.1, 0.15) is 0 Å². The molecule has 0 fully saturated rings. The number of hydrogen-bond acceptors (Lipinski definition) is 3. The summed E-state index contributed by atoms with van der Waals surface area (Å²) in [5.74, 6) is 3.28. The second-order valence-corrected chi connectivity index (χ2v) is 7.70. The second kappa shape index (κ2) is 9.09. The third-order valence-electron chi connectivity index (χ3n) is 5.74. The van der Waals surface area contributed by atoms with Crippen molar-refractivity contribution in [1.82, 2.24) is 0 Å². The molecule has 3 heteroatoms. The molecule has 1 aromatic heterocycles. The SMILES string of the molecule is COc1ccc(-c2oc(-c3ccc(OC)cc3)c(-c3ccccc3)c2-c2ccccc2)cc1. The van der Waals surface area contributed by atoms with Gasteiger partial charge in [-0.1, -0.05) is 60.7 Å². The Morgan fingerprint density at radius 3 is 1.12 bits per heavy atom. The van der Waals surface area contributed by atoms with Gasteiger partial charge in [-0.15, -0.1) is 0 Å². The van der Waals surface area contributed by atoms with Crippen molar-refractivity contribution in [3.63, 3.8) is 0 Å². The van der Waals surface area contributed by atoms with Crippen LogP contribution in [-0.4, -0.2) is 14.2 Å². The maximum absolute atomic E-state index is 6.69. The van der Waals surface area contributed by atoms with Crippen molar-refractivity contribution in [3.8, 4) is 56.4 Å². The van der Waals surface area contributed by atoms with Crippen molar-refractivity contribution < 1.29 is 13.9 Å². The highest BCUT2D eigenvalue weighted by atomic mass is 16.5. The van der Waals surface area contributed by atoms with Crippen LogP contribution in [0.2, 0.25) is 0 Å². The van der Waals surface area contributed by atoms with Gasteiger partial charge in [0, 0.05) is 22.3 Å². The average molecular weight is 433 g/mol. The van der Waals surface area contributed by atoms with E-state index in [9.17, 15) is 0 Å². The van der Waals surface area contributed by atoms with Gasteiger partial charge in [0.25, 0.3) is 0 Å². The number of hydrogen-bond donors (Lipinski definition) is 0. The lowest BCUT2D eigenvalue weighted by Gasteiger charge is -2.09. The maximum atomic E-state index is 6.69. The van der Waals surface area contributed by atoms with Gasteiger partial charge in [-0.3, -0.25) is 0 Å². The highest BCUT2D eigenvalue weighted by Crippen LogP contribution is 2.48. The lowest BCUT2D eigenvalue weighted by Crippen LogP contribution is -1.87. The maximum Gasteiger partial charge on any atom is 0.143 e. The van der Waals surface area contributed by atoms with E-state index in [-0.39, 0.29) is 0 Å². The molecule has 4 aromatic carbocycles. The van der Waals surface area contributed by atoms with Gasteiger partial charge in [0.2, 0.25) is 0 Å². The van der Waals surface area contributed by atoms with E-state index in [4.69, 9.17) is 13.9 Å². The highest BCUT2D eigenvalue weighted by Gasteiger charge is 2.25. The third-order valence-corrected chi connectivity index (χ3v) is 5.74. The van der Waals surface area contributed by atoms with Crippen LogP contribution >= 0.6 is 0 Å². The van der Waals surface area contributed by atoms with Crippen molar-refractivity contribution in [3.05, 3.63) is 109 Å². The molecule has 33 heavy (non-hydrogen) atoms. The lowest BCUT2D eigenvalue weighted by molar-refractivity contribution is 0.415. The lowest BCUT2D eigenvalue weighted by atomic mass is 9.91. The first-order valence-corrected chi connectivity index (χ1v) is 10.8. The predicted molar refractivity (Wildman–Crippen MR) is 134 cm³/mol. The molecular formula is C30H24O3. The van der Waals surface area contributed by atoms with Crippen molar-refractivity contribution in [2.75, 3.05) is 14.2 Å². The molecule has 0 unspecified atom stereocenters. The molecule has 0 aliphatic carbocycles. The minimum atomic E-state index is 0.810. The fraction of sp³-hybridized carbons (Fsp3) is 0.0667. The molecule has 0 saturated carbocycles. The Morgan fingerprint density at radius 2 is 0.788 bits per heavy atom. The second-order valence-electron chi connectivity index (χ2n) is 7.70. The summed E-state index contributed by atoms with van der Waals surface area (Å²) in [5.41, 5.74) is 6.32. The first kappa shape index (κ1) is 20.7. The summed E-state index contributed by atoms with van der Waals surface area (Å²) in [6.07, 6.45) is 0. The summed E-state index contributed by atoms with van der Waals surface area (Å²) in [7, 11) is 3.35. The van der Waals surface area contributed by atoms with E-state index in [2.05, 4.69) is 48.5 Å². The molecule has 0 saturated heterocycles. The molecule has 5 aromatic rings. The third kappa shape index (κ3) is 4.01. The molecular weight excluding hydrogens is 408 g/mol. The normalized spacial score (nSPS) is 10.7. The van der Waals surface area contributed by atoms with E-state index in [1.165, 1.54) is 0 Å². The Kier molecular flexibility index (Phi) is 5.69. The number of ether oxygens (including phenoxy) is 2. The van der Waals surface area contributed by atoms with Crippen molar-refractivity contribution in [2.24, 2.45) is 0 Å². The molecule has 0 aliphatic rings. The standard InChI is InChI=1S/C30H24O3/c1-31-25-17-13-23(14-18-25)29-27(21-9-5-3-6-10-21)28(22-11-7-4-8-12-22)30(33-29)24-15-19-26(32-2)20-16-24/h3-20H,1-2H3. The average Bonchev–Trinajstić information content (AvgIpc) is 3.30. The molecule has 162 valence electrons. The first-order valence-electron chi connectivity index (χ1n) is 10.8. The minimum Gasteiger partial charge on any atom is -0.497 e. The monoisotopic (exact) mass is 432 g/mol. The largest absolute Gasteiger partial charge is 0.497 e. The summed E-state index contributed by atoms with van der Waals surface area (Å²) in [6.45, 7) is 0. The Labute approximate surface area is 193 Å². The van der Waals surface area contributed by atoms with Crippen LogP contribution in [-0.2, 0) is 0 Å². The Bertz CT molecular complexity index is 1230. The van der Waals surface area contributed by atoms with Gasteiger partial charge in [-0.2, -0.15) is 0 Å². The van der Waals surface area contributed by atoms with E-state index in [0.29, 0.717) is 0 Å². The Morgan fingerprint density at radius 1 is 0.424 bits per heavy atom. The Hall–Kier alpha value is -4.24. The Balaban J connectivity index is 1.82. The molecule has 5 rings (SSSR count). The molecule has 0 amide bonds. The number of rotatable bonds is 6. The topological polar surface area (TPSA) is 31.6 Å². The van der Waals surface area contributed by atoms with Crippen LogP contribution in [0.5, 0.6) is 11.5 Å². The zero-order chi connectivity index (χ0) is 22.6. The van der Waals surface area contributed by atoms with Crippen molar-refractivity contribution in [2.45, 2.75) is 0 Å². The van der Waals surface area contributed by atoms with Gasteiger partial charge >= 0.3 is 0 Å². The molecule has 0 bridgehead atoms. The molecule has 0 N–H and O–H groups in total. The first-order chi connectivity index (χ1) is 16.3. The summed E-state index contributed by atoms with van der Waals surface area (Å²) in [6, 6.07) is 36.8. The summed E-state index contributed by atoms with van der Waals surface area (Å²) in [5, 5.41) is 0. The van der Waals surface area contributed by atoms with Crippen molar-refractivity contribution >= 4 is 0 Å². The summed E-state index contributed by atoms with van der Waals surface area (Å²) < 4.78 is 17.4. The van der Waals surface area contributed by atoms with Crippen LogP contribution < -0.4 is 9.47 Å². The van der Waals surface area contributed by atoms with E-state index in [1.54, 1.807) is 14.2 Å². The number of methoxy groups -OCH3 is 2. The van der Waals surface area contributed by atoms with E-state index in [0.717, 1.165) is 56.4 Å². The fourth-order valence-corrected chi connectivity index (χ4v) is 4.08. The van der Waals surface area contributed by atoms with Crippen LogP contribution in [0.25, 0.3) is 44.9 Å². The molecule has 3 nitrogen and oxygen atoms in total. The summed E-state index contributed by atoms with van der Waals surface area (Å²) >= 11 is 0.